The Hall–Kier alpha value is -2.72. The first kappa shape index (κ1) is 19.3. The van der Waals surface area contributed by atoms with Gasteiger partial charge in [0.25, 0.3) is 0 Å². The van der Waals surface area contributed by atoms with Gasteiger partial charge < -0.3 is 19.7 Å². The van der Waals surface area contributed by atoms with Crippen LogP contribution in [0.1, 0.15) is 37.9 Å². The van der Waals surface area contributed by atoms with Gasteiger partial charge in [-0.05, 0) is 37.7 Å². The average molecular weight is 428 g/mol. The molecule has 10 heteroatoms. The summed E-state index contributed by atoms with van der Waals surface area (Å²) >= 11 is 1.21. The number of hydrogen-bond acceptors (Lipinski definition) is 8. The molecule has 0 atom stereocenters. The summed E-state index contributed by atoms with van der Waals surface area (Å²) in [6.07, 6.45) is 6.47. The van der Waals surface area contributed by atoms with Gasteiger partial charge in [0.2, 0.25) is 5.88 Å². The molecule has 1 aliphatic rings. The van der Waals surface area contributed by atoms with Crippen molar-refractivity contribution in [1.82, 2.24) is 28.9 Å². The fourth-order valence-corrected chi connectivity index (χ4v) is 4.74. The zero-order valence-corrected chi connectivity index (χ0v) is 17.9. The molecule has 0 radical (unpaired) electrons. The van der Waals surface area contributed by atoms with E-state index in [-0.39, 0.29) is 5.88 Å². The van der Waals surface area contributed by atoms with Gasteiger partial charge in [-0.15, -0.1) is 5.10 Å². The fourth-order valence-electron chi connectivity index (χ4n) is 4.15. The highest BCUT2D eigenvalue weighted by Crippen LogP contribution is 2.35. The molecule has 30 heavy (non-hydrogen) atoms. The maximum Gasteiger partial charge on any atom is 0.213 e. The Morgan fingerprint density at radius 2 is 2.13 bits per heavy atom. The van der Waals surface area contributed by atoms with Gasteiger partial charge in [-0.2, -0.15) is 5.10 Å². The van der Waals surface area contributed by atoms with Crippen molar-refractivity contribution in [2.45, 2.75) is 52.2 Å². The third kappa shape index (κ3) is 3.20. The smallest absolute Gasteiger partial charge is 0.213 e. The van der Waals surface area contributed by atoms with Gasteiger partial charge in [-0.3, -0.25) is 0 Å². The highest BCUT2D eigenvalue weighted by Gasteiger charge is 2.23. The van der Waals surface area contributed by atoms with E-state index in [1.807, 2.05) is 21.6 Å². The van der Waals surface area contributed by atoms with E-state index >= 15 is 0 Å². The summed E-state index contributed by atoms with van der Waals surface area (Å²) < 4.78 is 13.9. The Bertz CT molecular complexity index is 1190. The van der Waals surface area contributed by atoms with Gasteiger partial charge in [0.1, 0.15) is 10.2 Å². The number of fused-ring (bicyclic) bond motifs is 2. The summed E-state index contributed by atoms with van der Waals surface area (Å²) in [7, 11) is 0. The minimum Gasteiger partial charge on any atom is -0.493 e. The number of ether oxygens (including phenoxy) is 1. The Morgan fingerprint density at radius 1 is 1.30 bits per heavy atom. The third-order valence-electron chi connectivity index (χ3n) is 5.77. The molecule has 0 spiro atoms. The average Bonchev–Trinajstić information content (AvgIpc) is 3.47. The zero-order valence-electron chi connectivity index (χ0n) is 17.1. The van der Waals surface area contributed by atoms with E-state index in [1.54, 1.807) is 0 Å². The maximum atomic E-state index is 10.7. The monoisotopic (exact) mass is 427 g/mol. The first-order valence-electron chi connectivity index (χ1n) is 10.4. The molecule has 1 saturated heterocycles. The molecule has 4 aromatic rings. The molecule has 0 aromatic carbocycles. The van der Waals surface area contributed by atoms with E-state index in [0.29, 0.717) is 22.8 Å². The standard InChI is InChI=1S/C20H25N7O2S/c1-3-15-14(10-26-11-16-18(20(26)28)30-25-24-16)17(22-12-5-7-29-8-6-12)13-9-21-27(4-2)19(13)23-15/h9,11-12,28H,3-8,10H2,1-2H3,(H,22,23). The predicted molar refractivity (Wildman–Crippen MR) is 116 cm³/mol. The molecular formula is C20H25N7O2S. The highest BCUT2D eigenvalue weighted by atomic mass is 32.1. The molecule has 4 aromatic heterocycles. The van der Waals surface area contributed by atoms with Crippen LogP contribution in [0.2, 0.25) is 0 Å². The van der Waals surface area contributed by atoms with Crippen LogP contribution in [0.3, 0.4) is 0 Å². The van der Waals surface area contributed by atoms with Crippen LogP contribution in [0.25, 0.3) is 21.3 Å². The molecule has 9 nitrogen and oxygen atoms in total. The SMILES string of the molecule is CCc1nc2c(cnn2CC)c(NC2CCOCC2)c1Cn1cc2nnsc2c1O. The Morgan fingerprint density at radius 3 is 2.87 bits per heavy atom. The molecule has 1 fully saturated rings. The topological polar surface area (TPSA) is 103 Å². The number of hydrogen-bond donors (Lipinski definition) is 2. The van der Waals surface area contributed by atoms with Crippen LogP contribution in [0.5, 0.6) is 5.88 Å². The van der Waals surface area contributed by atoms with Crippen molar-refractivity contribution in [3.8, 4) is 5.88 Å². The van der Waals surface area contributed by atoms with Gasteiger partial charge in [-0.1, -0.05) is 11.4 Å². The number of nitrogens with zero attached hydrogens (tertiary/aromatic N) is 6. The molecular weight excluding hydrogens is 402 g/mol. The molecule has 0 aliphatic carbocycles. The zero-order chi connectivity index (χ0) is 20.7. The quantitative estimate of drug-likeness (QED) is 0.487. The number of aromatic hydroxyl groups is 1. The van der Waals surface area contributed by atoms with E-state index in [1.165, 1.54) is 11.5 Å². The summed E-state index contributed by atoms with van der Waals surface area (Å²) in [5.74, 6) is 0.198. The fraction of sp³-hybridized carbons (Fsp3) is 0.500. The second kappa shape index (κ2) is 7.84. The van der Waals surface area contributed by atoms with E-state index in [9.17, 15) is 5.11 Å². The molecule has 2 N–H and O–H groups in total. The summed E-state index contributed by atoms with van der Waals surface area (Å²) in [5.41, 5.74) is 4.76. The molecule has 158 valence electrons. The van der Waals surface area contributed by atoms with E-state index < -0.39 is 0 Å². The van der Waals surface area contributed by atoms with E-state index in [0.717, 1.165) is 67.0 Å². The number of rotatable bonds is 6. The van der Waals surface area contributed by atoms with Crippen LogP contribution in [0.15, 0.2) is 12.4 Å². The molecule has 1 aliphatic heterocycles. The normalized spacial score (nSPS) is 15.4. The van der Waals surface area contributed by atoms with Gasteiger partial charge in [-0.25, -0.2) is 9.67 Å². The molecule has 0 saturated carbocycles. The van der Waals surface area contributed by atoms with Crippen molar-refractivity contribution >= 4 is 38.5 Å². The van der Waals surface area contributed by atoms with Crippen molar-refractivity contribution in [2.75, 3.05) is 18.5 Å². The minimum atomic E-state index is 0.198. The lowest BCUT2D eigenvalue weighted by molar-refractivity contribution is 0.0904. The van der Waals surface area contributed by atoms with Crippen LogP contribution >= 0.6 is 11.5 Å². The first-order valence-corrected chi connectivity index (χ1v) is 11.2. The van der Waals surface area contributed by atoms with Gasteiger partial charge >= 0.3 is 0 Å². The van der Waals surface area contributed by atoms with Crippen molar-refractivity contribution in [1.29, 1.82) is 0 Å². The molecule has 0 bridgehead atoms. The third-order valence-corrected chi connectivity index (χ3v) is 6.51. The lowest BCUT2D eigenvalue weighted by atomic mass is 10.0. The minimum absolute atomic E-state index is 0.198. The van der Waals surface area contributed by atoms with Gasteiger partial charge in [0.05, 0.1) is 23.8 Å². The van der Waals surface area contributed by atoms with Crippen molar-refractivity contribution in [2.24, 2.45) is 0 Å². The maximum absolute atomic E-state index is 10.7. The van der Waals surface area contributed by atoms with Gasteiger partial charge in [0, 0.05) is 43.3 Å². The van der Waals surface area contributed by atoms with E-state index in [2.05, 4.69) is 33.8 Å². The molecule has 0 unspecified atom stereocenters. The molecule has 5 heterocycles. The lowest BCUT2D eigenvalue weighted by Crippen LogP contribution is -2.28. The van der Waals surface area contributed by atoms with Crippen LogP contribution in [0, 0.1) is 0 Å². The Kier molecular flexibility index (Phi) is 5.03. The van der Waals surface area contributed by atoms with Crippen LogP contribution < -0.4 is 5.32 Å². The van der Waals surface area contributed by atoms with Crippen LogP contribution in [-0.2, 0) is 24.2 Å². The Balaban J connectivity index is 1.64. The van der Waals surface area contributed by atoms with Gasteiger partial charge in [0.15, 0.2) is 5.65 Å². The van der Waals surface area contributed by atoms with Crippen molar-refractivity contribution in [3.63, 3.8) is 0 Å². The largest absolute Gasteiger partial charge is 0.493 e. The summed E-state index contributed by atoms with van der Waals surface area (Å²) in [5, 5.41) is 24.1. The first-order chi connectivity index (χ1) is 14.7. The summed E-state index contributed by atoms with van der Waals surface area (Å²) in [4.78, 5) is 4.96. The lowest BCUT2D eigenvalue weighted by Gasteiger charge is -2.26. The van der Waals surface area contributed by atoms with Crippen molar-refractivity contribution < 1.29 is 9.84 Å². The molecule has 0 amide bonds. The second-order valence-electron chi connectivity index (χ2n) is 7.56. The number of pyridine rings is 1. The summed E-state index contributed by atoms with van der Waals surface area (Å²) in [6.45, 7) is 6.99. The number of anilines is 1. The Labute approximate surface area is 177 Å². The predicted octanol–water partition coefficient (Wildman–Crippen LogP) is 3.16. The highest BCUT2D eigenvalue weighted by molar-refractivity contribution is 7.13. The summed E-state index contributed by atoms with van der Waals surface area (Å²) in [6, 6.07) is 0.338. The van der Waals surface area contributed by atoms with Crippen LogP contribution in [-0.4, -0.2) is 53.3 Å². The number of nitrogens with one attached hydrogen (secondary N) is 1. The number of aryl methyl sites for hydroxylation is 2. The van der Waals surface area contributed by atoms with E-state index in [4.69, 9.17) is 9.72 Å². The second-order valence-corrected chi connectivity index (χ2v) is 8.32. The molecule has 5 rings (SSSR count). The van der Waals surface area contributed by atoms with Crippen LogP contribution in [0.4, 0.5) is 5.69 Å². The number of aromatic nitrogens is 6. The van der Waals surface area contributed by atoms with Crippen molar-refractivity contribution in [3.05, 3.63) is 23.7 Å².